The van der Waals surface area contributed by atoms with Gasteiger partial charge < -0.3 is 16.4 Å². The summed E-state index contributed by atoms with van der Waals surface area (Å²) >= 11 is 3.50. The number of nitrogens with two attached hydrogens (primary N) is 2. The van der Waals surface area contributed by atoms with Gasteiger partial charge in [0.25, 0.3) is 0 Å². The van der Waals surface area contributed by atoms with Crippen molar-refractivity contribution in [3.05, 3.63) is 42.0 Å². The summed E-state index contributed by atoms with van der Waals surface area (Å²) in [7, 11) is 1.86. The summed E-state index contributed by atoms with van der Waals surface area (Å²) in [5.41, 5.74) is 16.5. The maximum absolute atomic E-state index is 6.24. The molecule has 0 bridgehead atoms. The quantitative estimate of drug-likeness (QED) is 0.832. The van der Waals surface area contributed by atoms with Gasteiger partial charge >= 0.3 is 0 Å². The monoisotopic (exact) mass is 344 g/mol. The molecule has 0 aliphatic carbocycles. The zero-order chi connectivity index (χ0) is 16.6. The SMILES string of the molecule is CSc1cccc(SC)c1-c1ccc2c(c1)N=C(N)N(C)C2N. The second-order valence-electron chi connectivity index (χ2n) is 5.34. The Kier molecular flexibility index (Phi) is 4.57. The predicted molar refractivity (Wildman–Crippen MR) is 101 cm³/mol. The van der Waals surface area contributed by atoms with Crippen LogP contribution in [0.1, 0.15) is 11.7 Å². The lowest BCUT2D eigenvalue weighted by Gasteiger charge is -2.31. The maximum Gasteiger partial charge on any atom is 0.197 e. The fourth-order valence-corrected chi connectivity index (χ4v) is 4.09. The molecule has 1 aliphatic heterocycles. The highest BCUT2D eigenvalue weighted by Gasteiger charge is 2.23. The summed E-state index contributed by atoms with van der Waals surface area (Å²) in [6, 6.07) is 12.7. The second-order valence-corrected chi connectivity index (χ2v) is 7.03. The molecule has 4 N–H and O–H groups in total. The molecule has 3 rings (SSSR count). The molecule has 0 radical (unpaired) electrons. The molecule has 2 aromatic rings. The third-order valence-corrected chi connectivity index (χ3v) is 5.64. The first kappa shape index (κ1) is 16.2. The largest absolute Gasteiger partial charge is 0.369 e. The van der Waals surface area contributed by atoms with Crippen LogP contribution in [0.4, 0.5) is 5.69 Å². The average molecular weight is 345 g/mol. The number of fused-ring (bicyclic) bond motifs is 1. The Morgan fingerprint density at radius 2 is 1.74 bits per heavy atom. The first-order valence-electron chi connectivity index (χ1n) is 7.24. The molecule has 4 nitrogen and oxygen atoms in total. The normalized spacial score (nSPS) is 17.0. The van der Waals surface area contributed by atoms with E-state index >= 15 is 0 Å². The number of benzene rings is 2. The Morgan fingerprint density at radius 1 is 1.09 bits per heavy atom. The molecule has 6 heteroatoms. The lowest BCUT2D eigenvalue weighted by Crippen LogP contribution is -2.42. The fraction of sp³-hybridized carbons (Fsp3) is 0.235. The van der Waals surface area contributed by atoms with Gasteiger partial charge in [0.2, 0.25) is 0 Å². The number of hydrogen-bond donors (Lipinski definition) is 2. The van der Waals surface area contributed by atoms with Crippen molar-refractivity contribution in [1.82, 2.24) is 4.90 Å². The summed E-state index contributed by atoms with van der Waals surface area (Å²) < 4.78 is 0. The van der Waals surface area contributed by atoms with Gasteiger partial charge in [-0.3, -0.25) is 0 Å². The van der Waals surface area contributed by atoms with Gasteiger partial charge in [0.05, 0.1) is 5.69 Å². The molecule has 0 aromatic heterocycles. The fourth-order valence-electron chi connectivity index (χ4n) is 2.74. The van der Waals surface area contributed by atoms with Crippen LogP contribution in [-0.4, -0.2) is 30.4 Å². The van der Waals surface area contributed by atoms with E-state index in [4.69, 9.17) is 11.5 Å². The van der Waals surface area contributed by atoms with E-state index in [-0.39, 0.29) is 6.17 Å². The van der Waals surface area contributed by atoms with Crippen molar-refractivity contribution in [2.24, 2.45) is 16.5 Å². The minimum atomic E-state index is -0.257. The predicted octanol–water partition coefficient (Wildman–Crippen LogP) is 3.65. The summed E-state index contributed by atoms with van der Waals surface area (Å²) in [6.07, 6.45) is 3.94. The highest BCUT2D eigenvalue weighted by atomic mass is 32.2. The number of rotatable bonds is 3. The Morgan fingerprint density at radius 3 is 2.35 bits per heavy atom. The van der Waals surface area contributed by atoms with E-state index in [9.17, 15) is 0 Å². The van der Waals surface area contributed by atoms with E-state index in [0.29, 0.717) is 5.96 Å². The molecular formula is C17H20N4S2. The lowest BCUT2D eigenvalue weighted by atomic mass is 10.00. The van der Waals surface area contributed by atoms with Crippen LogP contribution in [0.15, 0.2) is 51.2 Å². The van der Waals surface area contributed by atoms with Crippen molar-refractivity contribution in [2.75, 3.05) is 19.6 Å². The average Bonchev–Trinajstić information content (AvgIpc) is 2.58. The molecule has 0 fully saturated rings. The molecule has 2 aromatic carbocycles. The Bertz CT molecular complexity index is 751. The number of aliphatic imine (C=N–C) groups is 1. The van der Waals surface area contributed by atoms with Crippen molar-refractivity contribution in [1.29, 1.82) is 0 Å². The van der Waals surface area contributed by atoms with Crippen LogP contribution < -0.4 is 11.5 Å². The molecule has 23 heavy (non-hydrogen) atoms. The van der Waals surface area contributed by atoms with Gasteiger partial charge in [-0.2, -0.15) is 0 Å². The topological polar surface area (TPSA) is 67.6 Å². The van der Waals surface area contributed by atoms with Gasteiger partial charge in [-0.15, -0.1) is 23.5 Å². The van der Waals surface area contributed by atoms with Crippen LogP contribution in [0.5, 0.6) is 0 Å². The van der Waals surface area contributed by atoms with Crippen LogP contribution in [0.25, 0.3) is 11.1 Å². The van der Waals surface area contributed by atoms with Gasteiger partial charge in [0.1, 0.15) is 6.17 Å². The van der Waals surface area contributed by atoms with E-state index in [1.807, 2.05) is 7.05 Å². The van der Waals surface area contributed by atoms with Crippen LogP contribution >= 0.6 is 23.5 Å². The minimum absolute atomic E-state index is 0.257. The van der Waals surface area contributed by atoms with Crippen LogP contribution in [-0.2, 0) is 0 Å². The minimum Gasteiger partial charge on any atom is -0.369 e. The highest BCUT2D eigenvalue weighted by Crippen LogP contribution is 2.41. The van der Waals surface area contributed by atoms with Gasteiger partial charge in [0, 0.05) is 28.0 Å². The van der Waals surface area contributed by atoms with Gasteiger partial charge in [-0.25, -0.2) is 4.99 Å². The molecular weight excluding hydrogens is 324 g/mol. The third kappa shape index (κ3) is 2.82. The Labute approximate surface area is 145 Å². The van der Waals surface area contributed by atoms with Crippen molar-refractivity contribution >= 4 is 35.2 Å². The number of hydrogen-bond acceptors (Lipinski definition) is 6. The second kappa shape index (κ2) is 6.47. The molecule has 0 amide bonds. The lowest BCUT2D eigenvalue weighted by molar-refractivity contribution is 0.375. The number of guanidine groups is 1. The molecule has 0 spiro atoms. The van der Waals surface area contributed by atoms with Crippen molar-refractivity contribution in [2.45, 2.75) is 16.0 Å². The summed E-state index contributed by atoms with van der Waals surface area (Å²) in [6.45, 7) is 0. The van der Waals surface area contributed by atoms with Crippen LogP contribution in [0.3, 0.4) is 0 Å². The van der Waals surface area contributed by atoms with E-state index in [1.165, 1.54) is 15.4 Å². The first-order valence-corrected chi connectivity index (χ1v) is 9.69. The van der Waals surface area contributed by atoms with Gasteiger partial charge in [-0.1, -0.05) is 18.2 Å². The van der Waals surface area contributed by atoms with Crippen molar-refractivity contribution in [3.63, 3.8) is 0 Å². The number of thioether (sulfide) groups is 2. The Balaban J connectivity index is 2.17. The van der Waals surface area contributed by atoms with Crippen molar-refractivity contribution in [3.8, 4) is 11.1 Å². The van der Waals surface area contributed by atoms with Gasteiger partial charge in [0.15, 0.2) is 5.96 Å². The molecule has 120 valence electrons. The zero-order valence-corrected chi connectivity index (χ0v) is 15.0. The van der Waals surface area contributed by atoms with E-state index in [1.54, 1.807) is 28.4 Å². The summed E-state index contributed by atoms with van der Waals surface area (Å²) in [5.74, 6) is 0.449. The Hall–Kier alpha value is -1.63. The zero-order valence-electron chi connectivity index (χ0n) is 13.4. The maximum atomic E-state index is 6.24. The standard InChI is InChI=1S/C17H20N4S2/c1-21-16(18)11-8-7-10(9-12(11)20-17(21)19)15-13(22-2)5-4-6-14(15)23-3/h4-9,16H,18H2,1-3H3,(H2,19,20). The molecule has 0 saturated heterocycles. The van der Waals surface area contributed by atoms with Crippen LogP contribution in [0, 0.1) is 0 Å². The smallest absolute Gasteiger partial charge is 0.197 e. The van der Waals surface area contributed by atoms with Crippen LogP contribution in [0.2, 0.25) is 0 Å². The third-order valence-electron chi connectivity index (χ3n) is 4.08. The molecule has 1 heterocycles. The molecule has 0 saturated carbocycles. The molecule has 1 aliphatic rings. The molecule has 1 unspecified atom stereocenters. The number of nitrogens with zero attached hydrogens (tertiary/aromatic N) is 2. The first-order chi connectivity index (χ1) is 11.1. The van der Waals surface area contributed by atoms with E-state index in [0.717, 1.165) is 16.8 Å². The summed E-state index contributed by atoms with van der Waals surface area (Å²) in [4.78, 5) is 8.80. The van der Waals surface area contributed by atoms with E-state index in [2.05, 4.69) is 53.9 Å². The highest BCUT2D eigenvalue weighted by molar-refractivity contribution is 7.99. The van der Waals surface area contributed by atoms with Crippen molar-refractivity contribution < 1.29 is 0 Å². The molecule has 1 atom stereocenters. The summed E-state index contributed by atoms with van der Waals surface area (Å²) in [5, 5.41) is 0. The van der Waals surface area contributed by atoms with E-state index < -0.39 is 0 Å². The van der Waals surface area contributed by atoms with Gasteiger partial charge in [-0.05, 0) is 36.3 Å².